The average molecular weight is 238 g/mol. The van der Waals surface area contributed by atoms with E-state index in [0.717, 1.165) is 24.5 Å². The maximum Gasteiger partial charge on any atom is 0.0751 e. The van der Waals surface area contributed by atoms with Gasteiger partial charge in [0.1, 0.15) is 0 Å². The fourth-order valence-corrected chi connectivity index (χ4v) is 3.11. The molecule has 0 bridgehead atoms. The molecule has 3 heteroatoms. The number of benzene rings is 1. The fraction of sp³-hybridized carbons (Fsp3) is 0.538. The lowest BCUT2D eigenvalue weighted by Gasteiger charge is -2.46. The number of fused-ring (bicyclic) bond motifs is 3. The number of halogens is 1. The van der Waals surface area contributed by atoms with Crippen molar-refractivity contribution in [2.24, 2.45) is 0 Å². The molecule has 0 radical (unpaired) electrons. The van der Waals surface area contributed by atoms with Crippen LogP contribution in [0.15, 0.2) is 18.2 Å². The molecule has 0 amide bonds. The summed E-state index contributed by atoms with van der Waals surface area (Å²) in [4.78, 5) is 0. The predicted octanol–water partition coefficient (Wildman–Crippen LogP) is 2.71. The van der Waals surface area contributed by atoms with Gasteiger partial charge in [0.05, 0.1) is 12.2 Å². The molecule has 16 heavy (non-hydrogen) atoms. The van der Waals surface area contributed by atoms with Crippen molar-refractivity contribution in [3.05, 3.63) is 34.3 Å². The van der Waals surface area contributed by atoms with Gasteiger partial charge in [0.25, 0.3) is 0 Å². The lowest BCUT2D eigenvalue weighted by atomic mass is 9.75. The molecule has 3 rings (SSSR count). The molecule has 1 fully saturated rings. The van der Waals surface area contributed by atoms with E-state index in [0.29, 0.717) is 12.5 Å². The van der Waals surface area contributed by atoms with E-state index in [2.05, 4.69) is 18.3 Å². The number of rotatable bonds is 0. The Hall–Kier alpha value is -0.570. The number of hydrogen-bond acceptors (Lipinski definition) is 2. The Morgan fingerprint density at radius 3 is 3.25 bits per heavy atom. The molecular weight excluding hydrogens is 222 g/mol. The highest BCUT2D eigenvalue weighted by atomic mass is 35.5. The van der Waals surface area contributed by atoms with Crippen molar-refractivity contribution < 1.29 is 4.74 Å². The number of hydrogen-bond donors (Lipinski definition) is 1. The van der Waals surface area contributed by atoms with Crippen LogP contribution in [0.25, 0.3) is 0 Å². The molecule has 2 nitrogen and oxygen atoms in total. The van der Waals surface area contributed by atoms with Gasteiger partial charge in [0.15, 0.2) is 0 Å². The summed E-state index contributed by atoms with van der Waals surface area (Å²) in [5.41, 5.74) is 2.53. The summed E-state index contributed by atoms with van der Waals surface area (Å²) in [6.45, 7) is 4.91. The number of nitrogens with one attached hydrogen (secondary N) is 1. The summed E-state index contributed by atoms with van der Waals surface area (Å²) in [5, 5.41) is 4.28. The normalized spacial score (nSPS) is 33.0. The molecule has 0 spiro atoms. The van der Waals surface area contributed by atoms with E-state index < -0.39 is 0 Å². The molecular formula is C13H16ClNO. The van der Waals surface area contributed by atoms with Gasteiger partial charge in [-0.2, -0.15) is 0 Å². The van der Waals surface area contributed by atoms with Crippen molar-refractivity contribution in [3.63, 3.8) is 0 Å². The van der Waals surface area contributed by atoms with Crippen LogP contribution in [0.5, 0.6) is 0 Å². The first kappa shape index (κ1) is 10.6. The van der Waals surface area contributed by atoms with E-state index >= 15 is 0 Å². The first-order valence-corrected chi connectivity index (χ1v) is 6.20. The van der Waals surface area contributed by atoms with Gasteiger partial charge in [-0.1, -0.05) is 23.7 Å². The van der Waals surface area contributed by atoms with Crippen LogP contribution < -0.4 is 5.32 Å². The van der Waals surface area contributed by atoms with Crippen molar-refractivity contribution in [1.82, 2.24) is 5.32 Å². The third-order valence-electron chi connectivity index (χ3n) is 3.96. The van der Waals surface area contributed by atoms with Gasteiger partial charge in [-0.15, -0.1) is 0 Å². The number of piperidine rings is 1. The zero-order chi connectivity index (χ0) is 11.2. The standard InChI is InChI=1S/C13H16ClNO/c1-13-5-6-15-7-11(13)9-3-2-4-12(14)10(9)8-16-13/h2-4,11,15H,5-8H2,1H3/t11-,13+/m1/s1. The number of ether oxygens (including phenoxy) is 1. The van der Waals surface area contributed by atoms with E-state index in [-0.39, 0.29) is 5.60 Å². The summed E-state index contributed by atoms with van der Waals surface area (Å²) in [6.07, 6.45) is 1.07. The minimum atomic E-state index is -0.0110. The Balaban J connectivity index is 2.08. The summed E-state index contributed by atoms with van der Waals surface area (Å²) in [7, 11) is 0. The quantitative estimate of drug-likeness (QED) is 0.749. The molecule has 0 saturated carbocycles. The molecule has 0 unspecified atom stereocenters. The van der Waals surface area contributed by atoms with Gasteiger partial charge < -0.3 is 10.1 Å². The zero-order valence-corrected chi connectivity index (χ0v) is 10.2. The van der Waals surface area contributed by atoms with Crippen molar-refractivity contribution in [2.75, 3.05) is 13.1 Å². The second-order valence-corrected chi connectivity index (χ2v) is 5.32. The maximum atomic E-state index is 6.22. The highest BCUT2D eigenvalue weighted by Crippen LogP contribution is 2.43. The largest absolute Gasteiger partial charge is 0.370 e. The van der Waals surface area contributed by atoms with E-state index in [1.165, 1.54) is 11.1 Å². The first-order chi connectivity index (χ1) is 7.71. The lowest BCUT2D eigenvalue weighted by Crippen LogP contribution is -2.50. The first-order valence-electron chi connectivity index (χ1n) is 5.83. The maximum absolute atomic E-state index is 6.22. The smallest absolute Gasteiger partial charge is 0.0751 e. The summed E-state index contributed by atoms with van der Waals surface area (Å²) >= 11 is 6.22. The van der Waals surface area contributed by atoms with E-state index in [4.69, 9.17) is 16.3 Å². The molecule has 2 atom stereocenters. The Bertz CT molecular complexity index is 420. The average Bonchev–Trinajstić information content (AvgIpc) is 2.28. The van der Waals surface area contributed by atoms with Crippen LogP contribution >= 0.6 is 11.6 Å². The van der Waals surface area contributed by atoms with Crippen molar-refractivity contribution in [3.8, 4) is 0 Å². The van der Waals surface area contributed by atoms with Gasteiger partial charge >= 0.3 is 0 Å². The highest BCUT2D eigenvalue weighted by molar-refractivity contribution is 6.31. The van der Waals surface area contributed by atoms with Crippen molar-refractivity contribution >= 4 is 11.6 Å². The second-order valence-electron chi connectivity index (χ2n) is 4.92. The Kier molecular flexibility index (Phi) is 2.46. The highest BCUT2D eigenvalue weighted by Gasteiger charge is 2.42. The van der Waals surface area contributed by atoms with Gasteiger partial charge in [-0.3, -0.25) is 0 Å². The molecule has 86 valence electrons. The summed E-state index contributed by atoms with van der Waals surface area (Å²) in [5.74, 6) is 0.434. The van der Waals surface area contributed by atoms with Crippen LogP contribution in [0, 0.1) is 0 Å². The fourth-order valence-electron chi connectivity index (χ4n) is 2.88. The predicted molar refractivity (Wildman–Crippen MR) is 64.9 cm³/mol. The molecule has 1 saturated heterocycles. The molecule has 2 heterocycles. The minimum absolute atomic E-state index is 0.0110. The minimum Gasteiger partial charge on any atom is -0.370 e. The van der Waals surface area contributed by atoms with Gasteiger partial charge in [0, 0.05) is 17.5 Å². The third kappa shape index (κ3) is 1.48. The molecule has 2 aliphatic heterocycles. The third-order valence-corrected chi connectivity index (χ3v) is 4.31. The molecule has 0 aromatic heterocycles. The Morgan fingerprint density at radius 2 is 2.38 bits per heavy atom. The molecule has 0 aliphatic carbocycles. The zero-order valence-electron chi connectivity index (χ0n) is 9.42. The van der Waals surface area contributed by atoms with Gasteiger partial charge in [-0.25, -0.2) is 0 Å². The molecule has 1 aromatic rings. The van der Waals surface area contributed by atoms with E-state index in [1.54, 1.807) is 0 Å². The topological polar surface area (TPSA) is 21.3 Å². The SMILES string of the molecule is C[C@]12CCNC[C@@H]1c1cccc(Cl)c1CO2. The molecule has 1 aromatic carbocycles. The van der Waals surface area contributed by atoms with Crippen LogP contribution in [-0.4, -0.2) is 18.7 Å². The van der Waals surface area contributed by atoms with Crippen LogP contribution in [0.2, 0.25) is 5.02 Å². The summed E-state index contributed by atoms with van der Waals surface area (Å²) in [6, 6.07) is 6.18. The van der Waals surface area contributed by atoms with Crippen LogP contribution in [0.1, 0.15) is 30.4 Å². The lowest BCUT2D eigenvalue weighted by molar-refractivity contribution is -0.0888. The van der Waals surface area contributed by atoms with Crippen molar-refractivity contribution in [2.45, 2.75) is 31.5 Å². The van der Waals surface area contributed by atoms with Crippen LogP contribution in [0.3, 0.4) is 0 Å². The van der Waals surface area contributed by atoms with Crippen LogP contribution in [-0.2, 0) is 11.3 Å². The Morgan fingerprint density at radius 1 is 1.50 bits per heavy atom. The van der Waals surface area contributed by atoms with Crippen LogP contribution in [0.4, 0.5) is 0 Å². The molecule has 2 aliphatic rings. The van der Waals surface area contributed by atoms with Gasteiger partial charge in [0.2, 0.25) is 0 Å². The second kappa shape index (κ2) is 3.73. The van der Waals surface area contributed by atoms with Gasteiger partial charge in [-0.05, 0) is 37.1 Å². The van der Waals surface area contributed by atoms with E-state index in [9.17, 15) is 0 Å². The Labute approximate surface area is 101 Å². The van der Waals surface area contributed by atoms with Crippen molar-refractivity contribution in [1.29, 1.82) is 0 Å². The monoisotopic (exact) mass is 237 g/mol. The van der Waals surface area contributed by atoms with E-state index in [1.807, 2.05) is 12.1 Å². The molecule has 1 N–H and O–H groups in total. The summed E-state index contributed by atoms with van der Waals surface area (Å²) < 4.78 is 6.05.